The van der Waals surface area contributed by atoms with Gasteiger partial charge in [-0.3, -0.25) is 4.79 Å². The van der Waals surface area contributed by atoms with E-state index < -0.39 is 0 Å². The molecule has 0 aliphatic carbocycles. The van der Waals surface area contributed by atoms with E-state index in [2.05, 4.69) is 11.9 Å². The quantitative estimate of drug-likeness (QED) is 0.842. The molecule has 19 heavy (non-hydrogen) atoms. The van der Waals surface area contributed by atoms with E-state index >= 15 is 0 Å². The lowest BCUT2D eigenvalue weighted by molar-refractivity contribution is 0.0748. The molecule has 1 saturated heterocycles. The molecule has 104 valence electrons. The van der Waals surface area contributed by atoms with Gasteiger partial charge in [0.1, 0.15) is 0 Å². The Hall–Kier alpha value is -1.55. The fraction of sp³-hybridized carbons (Fsp3) is 0.533. The monoisotopic (exact) mass is 261 g/mol. The van der Waals surface area contributed by atoms with Gasteiger partial charge in [0.25, 0.3) is 5.91 Å². The first-order valence-electron chi connectivity index (χ1n) is 6.86. The molecule has 1 aromatic carbocycles. The van der Waals surface area contributed by atoms with Crippen LogP contribution in [0.25, 0.3) is 0 Å². The second-order valence-electron chi connectivity index (χ2n) is 5.52. The van der Waals surface area contributed by atoms with E-state index in [1.54, 1.807) is 12.1 Å². The van der Waals surface area contributed by atoms with Gasteiger partial charge >= 0.3 is 0 Å². The Bertz CT molecular complexity index is 439. The molecular formula is C15H23N3O. The van der Waals surface area contributed by atoms with Gasteiger partial charge in [0.15, 0.2) is 0 Å². The summed E-state index contributed by atoms with van der Waals surface area (Å²) in [5.41, 5.74) is 7.02. The van der Waals surface area contributed by atoms with Crippen LogP contribution in [0.5, 0.6) is 0 Å². The highest BCUT2D eigenvalue weighted by atomic mass is 16.2. The van der Waals surface area contributed by atoms with Crippen molar-refractivity contribution in [3.8, 4) is 0 Å². The van der Waals surface area contributed by atoms with Crippen LogP contribution in [0, 0.1) is 5.92 Å². The van der Waals surface area contributed by atoms with Gasteiger partial charge in [-0.15, -0.1) is 0 Å². The summed E-state index contributed by atoms with van der Waals surface area (Å²) in [5, 5.41) is 0. The van der Waals surface area contributed by atoms with Crippen LogP contribution in [0.15, 0.2) is 24.3 Å². The second kappa shape index (κ2) is 6.06. The smallest absolute Gasteiger partial charge is 0.255 e. The summed E-state index contributed by atoms with van der Waals surface area (Å²) in [7, 11) is 4.02. The van der Waals surface area contributed by atoms with Crippen molar-refractivity contribution in [1.29, 1.82) is 0 Å². The number of piperidine rings is 1. The number of rotatable bonds is 3. The van der Waals surface area contributed by atoms with E-state index in [-0.39, 0.29) is 5.91 Å². The molecule has 0 radical (unpaired) electrons. The third-order valence-corrected chi connectivity index (χ3v) is 3.91. The predicted molar refractivity (Wildman–Crippen MR) is 78.0 cm³/mol. The van der Waals surface area contributed by atoms with Gasteiger partial charge in [0, 0.05) is 19.3 Å². The number of hydrogen-bond acceptors (Lipinski definition) is 3. The fourth-order valence-electron chi connectivity index (χ4n) is 2.61. The van der Waals surface area contributed by atoms with Crippen LogP contribution in [0.3, 0.4) is 0 Å². The summed E-state index contributed by atoms with van der Waals surface area (Å²) in [6.07, 6.45) is 2.33. The molecule has 1 aromatic rings. The number of para-hydroxylation sites is 1. The molecule has 0 aromatic heterocycles. The Balaban J connectivity index is 1.94. The van der Waals surface area contributed by atoms with Crippen LogP contribution in [0.2, 0.25) is 0 Å². The van der Waals surface area contributed by atoms with Gasteiger partial charge in [-0.2, -0.15) is 0 Å². The molecule has 0 unspecified atom stereocenters. The minimum atomic E-state index is 0.0250. The van der Waals surface area contributed by atoms with Crippen molar-refractivity contribution in [2.75, 3.05) is 39.5 Å². The van der Waals surface area contributed by atoms with Crippen LogP contribution in [0.1, 0.15) is 23.2 Å². The summed E-state index contributed by atoms with van der Waals surface area (Å²) in [6, 6.07) is 7.27. The maximum atomic E-state index is 12.3. The van der Waals surface area contributed by atoms with E-state index in [1.165, 1.54) is 12.8 Å². The molecule has 1 aliphatic heterocycles. The Morgan fingerprint density at radius 1 is 1.37 bits per heavy atom. The van der Waals surface area contributed by atoms with Crippen molar-refractivity contribution in [3.63, 3.8) is 0 Å². The third kappa shape index (κ3) is 3.47. The highest BCUT2D eigenvalue weighted by Crippen LogP contribution is 2.19. The predicted octanol–water partition coefficient (Wildman–Crippen LogP) is 1.68. The third-order valence-electron chi connectivity index (χ3n) is 3.91. The Labute approximate surface area is 115 Å². The number of carbonyl (C=O) groups excluding carboxylic acids is 1. The van der Waals surface area contributed by atoms with Crippen LogP contribution in [-0.4, -0.2) is 49.4 Å². The first-order valence-corrected chi connectivity index (χ1v) is 6.86. The molecular weight excluding hydrogens is 238 g/mol. The molecule has 4 heteroatoms. The number of carbonyl (C=O) groups is 1. The number of nitrogens with zero attached hydrogens (tertiary/aromatic N) is 2. The average molecular weight is 261 g/mol. The first kappa shape index (κ1) is 13.9. The molecule has 1 aliphatic rings. The Morgan fingerprint density at radius 3 is 2.63 bits per heavy atom. The van der Waals surface area contributed by atoms with Crippen molar-refractivity contribution in [2.24, 2.45) is 5.92 Å². The summed E-state index contributed by atoms with van der Waals surface area (Å²) in [6.45, 7) is 3.07. The largest absolute Gasteiger partial charge is 0.398 e. The number of nitrogens with two attached hydrogens (primary N) is 1. The lowest BCUT2D eigenvalue weighted by Crippen LogP contribution is -2.38. The van der Waals surface area contributed by atoms with Crippen LogP contribution >= 0.6 is 0 Å². The minimum Gasteiger partial charge on any atom is -0.398 e. The fourth-order valence-corrected chi connectivity index (χ4v) is 2.61. The van der Waals surface area contributed by atoms with Crippen LogP contribution in [-0.2, 0) is 0 Å². The SMILES string of the molecule is CN1CCC(CN(C)C(=O)c2ccccc2N)CC1. The standard InChI is InChI=1S/C15H23N3O/c1-17-9-7-12(8-10-17)11-18(2)15(19)13-5-3-4-6-14(13)16/h3-6,12H,7-11,16H2,1-2H3. The minimum absolute atomic E-state index is 0.0250. The van der Waals surface area contributed by atoms with Gasteiger partial charge in [-0.05, 0) is 51.0 Å². The van der Waals surface area contributed by atoms with Gasteiger partial charge in [-0.25, -0.2) is 0 Å². The second-order valence-corrected chi connectivity index (χ2v) is 5.52. The number of hydrogen-bond donors (Lipinski definition) is 1. The molecule has 1 heterocycles. The number of likely N-dealkylation sites (tertiary alicyclic amines) is 1. The van der Waals surface area contributed by atoms with Crippen molar-refractivity contribution >= 4 is 11.6 Å². The van der Waals surface area contributed by atoms with E-state index in [1.807, 2.05) is 24.1 Å². The van der Waals surface area contributed by atoms with Crippen molar-refractivity contribution in [2.45, 2.75) is 12.8 Å². The van der Waals surface area contributed by atoms with Crippen LogP contribution < -0.4 is 5.73 Å². The van der Waals surface area contributed by atoms with E-state index in [0.29, 0.717) is 17.2 Å². The zero-order valence-corrected chi connectivity index (χ0v) is 11.8. The van der Waals surface area contributed by atoms with Gasteiger partial charge in [0.05, 0.1) is 5.56 Å². The molecule has 0 saturated carbocycles. The summed E-state index contributed by atoms with van der Waals surface area (Å²) in [5.74, 6) is 0.632. The molecule has 2 rings (SSSR count). The maximum Gasteiger partial charge on any atom is 0.255 e. The van der Waals surface area contributed by atoms with Gasteiger partial charge < -0.3 is 15.5 Å². The van der Waals surface area contributed by atoms with Crippen LogP contribution in [0.4, 0.5) is 5.69 Å². The topological polar surface area (TPSA) is 49.6 Å². The number of nitrogen functional groups attached to an aromatic ring is 1. The summed E-state index contributed by atoms with van der Waals surface area (Å²) >= 11 is 0. The molecule has 4 nitrogen and oxygen atoms in total. The highest BCUT2D eigenvalue weighted by Gasteiger charge is 2.21. The Morgan fingerprint density at radius 2 is 2.00 bits per heavy atom. The lowest BCUT2D eigenvalue weighted by atomic mass is 9.96. The number of anilines is 1. The molecule has 1 amide bonds. The molecule has 0 atom stereocenters. The van der Waals surface area contributed by atoms with Crippen molar-refractivity contribution in [3.05, 3.63) is 29.8 Å². The normalized spacial score (nSPS) is 17.4. The van der Waals surface area contributed by atoms with Crippen molar-refractivity contribution < 1.29 is 4.79 Å². The average Bonchev–Trinajstić information content (AvgIpc) is 2.41. The zero-order chi connectivity index (χ0) is 13.8. The van der Waals surface area contributed by atoms with Crippen molar-refractivity contribution in [1.82, 2.24) is 9.80 Å². The van der Waals surface area contributed by atoms with Gasteiger partial charge in [0.2, 0.25) is 0 Å². The number of benzene rings is 1. The molecule has 1 fully saturated rings. The van der Waals surface area contributed by atoms with Gasteiger partial charge in [-0.1, -0.05) is 12.1 Å². The Kier molecular flexibility index (Phi) is 4.43. The van der Waals surface area contributed by atoms with E-state index in [9.17, 15) is 4.79 Å². The molecule has 0 bridgehead atoms. The van der Waals surface area contributed by atoms with E-state index in [0.717, 1.165) is 19.6 Å². The summed E-state index contributed by atoms with van der Waals surface area (Å²) in [4.78, 5) is 16.5. The summed E-state index contributed by atoms with van der Waals surface area (Å²) < 4.78 is 0. The molecule has 0 spiro atoms. The maximum absolute atomic E-state index is 12.3. The first-order chi connectivity index (χ1) is 9.08. The number of amides is 1. The lowest BCUT2D eigenvalue weighted by Gasteiger charge is -2.31. The molecule has 2 N–H and O–H groups in total. The van der Waals surface area contributed by atoms with E-state index in [4.69, 9.17) is 5.73 Å². The highest BCUT2D eigenvalue weighted by molar-refractivity contribution is 5.98. The zero-order valence-electron chi connectivity index (χ0n) is 11.8.